The number of benzene rings is 13. The number of hydrogen-bond acceptors (Lipinski definition) is 2. The minimum absolute atomic E-state index is 0.0894. The van der Waals surface area contributed by atoms with Crippen LogP contribution in [0, 0.1) is 0 Å². The van der Waals surface area contributed by atoms with Crippen LogP contribution in [0.15, 0.2) is 340 Å². The molecule has 0 unspecified atom stereocenters. The molecular weight excluding hydrogens is 1050 g/mol. The monoisotopic (exact) mass is 1100 g/mol. The van der Waals surface area contributed by atoms with E-state index in [4.69, 9.17) is 0 Å². The first-order chi connectivity index (χ1) is 41.7. The summed E-state index contributed by atoms with van der Waals surface area (Å²) >= 11 is 0. The second-order valence-electron chi connectivity index (χ2n) is 22.3. The Morgan fingerprint density at radius 1 is 0.226 bits per heavy atom. The first-order valence-electron chi connectivity index (χ1n) is 29.2. The Hall–Kier alpha value is -10.2. The number of hydrogen-bond donors (Lipinski definition) is 0. The van der Waals surface area contributed by atoms with Crippen molar-refractivity contribution in [3.8, 4) is 5.69 Å². The van der Waals surface area contributed by atoms with E-state index >= 15 is 0 Å². The molecule has 3 heterocycles. The first kappa shape index (κ1) is 49.6. The summed E-state index contributed by atoms with van der Waals surface area (Å²) < 4.78 is 2.50. The van der Waals surface area contributed by atoms with Gasteiger partial charge in [-0.1, -0.05) is 279 Å². The van der Waals surface area contributed by atoms with Gasteiger partial charge in [0.1, 0.15) is 0 Å². The average molecular weight is 1100 g/mol. The van der Waals surface area contributed by atoms with Crippen molar-refractivity contribution < 1.29 is 0 Å². The van der Waals surface area contributed by atoms with Crippen molar-refractivity contribution in [1.82, 2.24) is 4.57 Å². The number of nitrogens with zero attached hydrogens (tertiary/aromatic N) is 3. The van der Waals surface area contributed by atoms with Gasteiger partial charge in [0.05, 0.1) is 16.7 Å². The molecule has 394 valence electrons. The molecule has 0 fully saturated rings. The molecule has 0 amide bonds. The summed E-state index contributed by atoms with van der Waals surface area (Å²) in [6, 6.07) is 128. The second-order valence-corrected chi connectivity index (χ2v) is 29.9. The van der Waals surface area contributed by atoms with Gasteiger partial charge in [-0.2, -0.15) is 0 Å². The number of aromatic nitrogens is 1. The van der Waals surface area contributed by atoms with Gasteiger partial charge in [-0.15, -0.1) is 0 Å². The molecule has 14 aromatic rings. The Bertz CT molecular complexity index is 4470. The van der Waals surface area contributed by atoms with Gasteiger partial charge >= 0.3 is 0 Å². The molecule has 0 saturated heterocycles. The predicted molar refractivity (Wildman–Crippen MR) is 362 cm³/mol. The van der Waals surface area contributed by atoms with E-state index in [1.165, 1.54) is 96.8 Å². The predicted octanol–water partition coefficient (Wildman–Crippen LogP) is 11.6. The van der Waals surface area contributed by atoms with E-state index in [0.29, 0.717) is 0 Å². The number of anilines is 6. The Morgan fingerprint density at radius 2 is 0.560 bits per heavy atom. The summed E-state index contributed by atoms with van der Waals surface area (Å²) in [7, 11) is -5.92. The quantitative estimate of drug-likeness (QED) is 0.0945. The van der Waals surface area contributed by atoms with Gasteiger partial charge in [0.15, 0.2) is 16.1 Å². The van der Waals surface area contributed by atoms with E-state index in [2.05, 4.69) is 354 Å². The summed E-state index contributed by atoms with van der Waals surface area (Å²) in [5.41, 5.74) is 14.2. The van der Waals surface area contributed by atoms with Crippen molar-refractivity contribution in [3.63, 3.8) is 0 Å². The minimum atomic E-state index is -3.03. The SMILES string of the molecule is c1ccc(N2c3ccccc3B3c4ccc([Si](c5ccccc5)(c5ccccc5)c5ccccc5)cc4N(c4ccc([Si](c5ccccc5)(c5ccccc5)c5ccccc5)cc4)c4cc(-n5c6ccccc6c6ccccc65)cc2c43)cc1. The topological polar surface area (TPSA) is 11.4 Å². The van der Waals surface area contributed by atoms with E-state index in [1.54, 1.807) is 0 Å². The Morgan fingerprint density at radius 3 is 1.02 bits per heavy atom. The number of rotatable bonds is 11. The Kier molecular flexibility index (Phi) is 12.0. The molecule has 2 aliphatic heterocycles. The zero-order valence-electron chi connectivity index (χ0n) is 46.3. The molecule has 13 aromatic carbocycles. The summed E-state index contributed by atoms with van der Waals surface area (Å²) in [6.07, 6.45) is 0. The smallest absolute Gasteiger partial charge is 0.252 e. The van der Waals surface area contributed by atoms with E-state index in [1.807, 2.05) is 0 Å². The number of fused-ring (bicyclic) bond motifs is 7. The standard InChI is InChI=1S/C78H56BN3Si2/c1-8-28-57(29-9-1)80-74-47-27-24-44-70(74)79-71-53-52-67(84(63-36-16-5-17-37-63,64-38-18-6-19-39-64)65-40-20-7-21-41-65)56-75(71)81(77-55-59(54-76(80)78(77)79)82-72-45-25-22-42-68(72)69-43-23-26-46-73(69)82)58-48-50-66(51-49-58)83(60-30-10-2-11-31-60,61-32-12-3-13-33-61)62-34-14-4-15-35-62/h1-56H. The van der Waals surface area contributed by atoms with Gasteiger partial charge in [-0.3, -0.25) is 0 Å². The maximum atomic E-state index is 2.64. The van der Waals surface area contributed by atoms with Crippen LogP contribution >= 0.6 is 0 Å². The van der Waals surface area contributed by atoms with Gasteiger partial charge in [0.2, 0.25) is 0 Å². The molecular formula is C78H56BN3Si2. The molecule has 0 bridgehead atoms. The zero-order chi connectivity index (χ0) is 55.6. The number of para-hydroxylation sites is 4. The van der Waals surface area contributed by atoms with Crippen molar-refractivity contribution in [2.75, 3.05) is 9.80 Å². The van der Waals surface area contributed by atoms with Crippen molar-refractivity contribution in [2.45, 2.75) is 0 Å². The molecule has 0 radical (unpaired) electrons. The van der Waals surface area contributed by atoms with Crippen LogP contribution in [0.4, 0.5) is 34.1 Å². The lowest BCUT2D eigenvalue weighted by atomic mass is 9.33. The van der Waals surface area contributed by atoms with Crippen LogP contribution < -0.4 is 67.7 Å². The minimum Gasteiger partial charge on any atom is -0.311 e. The molecule has 84 heavy (non-hydrogen) atoms. The third-order valence-corrected chi connectivity index (χ3v) is 27.6. The van der Waals surface area contributed by atoms with Gasteiger partial charge in [0.25, 0.3) is 6.71 Å². The van der Waals surface area contributed by atoms with E-state index in [0.717, 1.165) is 22.7 Å². The summed E-state index contributed by atoms with van der Waals surface area (Å²) in [5.74, 6) is 0. The van der Waals surface area contributed by atoms with E-state index < -0.39 is 16.1 Å². The van der Waals surface area contributed by atoms with Crippen LogP contribution in [0.5, 0.6) is 0 Å². The molecule has 0 aliphatic carbocycles. The van der Waals surface area contributed by atoms with Crippen molar-refractivity contribution in [3.05, 3.63) is 340 Å². The highest BCUT2D eigenvalue weighted by molar-refractivity contribution is 7.20. The zero-order valence-corrected chi connectivity index (χ0v) is 48.3. The highest BCUT2D eigenvalue weighted by atomic mass is 28.3. The molecule has 2 aliphatic rings. The molecule has 3 nitrogen and oxygen atoms in total. The van der Waals surface area contributed by atoms with Crippen LogP contribution in [-0.4, -0.2) is 27.4 Å². The summed E-state index contributed by atoms with van der Waals surface area (Å²) in [5, 5.41) is 13.2. The van der Waals surface area contributed by atoms with Crippen molar-refractivity contribution in [1.29, 1.82) is 0 Å². The van der Waals surface area contributed by atoms with Gasteiger partial charge in [-0.25, -0.2) is 0 Å². The molecule has 0 saturated carbocycles. The average Bonchev–Trinajstić information content (AvgIpc) is 0.873. The van der Waals surface area contributed by atoms with Crippen LogP contribution in [0.2, 0.25) is 0 Å². The maximum absolute atomic E-state index is 3.03. The summed E-state index contributed by atoms with van der Waals surface area (Å²) in [6.45, 7) is -0.0894. The molecule has 6 heteroatoms. The summed E-state index contributed by atoms with van der Waals surface area (Å²) in [4.78, 5) is 5.17. The van der Waals surface area contributed by atoms with Crippen LogP contribution in [0.25, 0.3) is 27.5 Å². The van der Waals surface area contributed by atoms with Gasteiger partial charge < -0.3 is 14.4 Å². The fourth-order valence-corrected chi connectivity index (χ4v) is 24.1. The van der Waals surface area contributed by atoms with Gasteiger partial charge in [0, 0.05) is 44.9 Å². The normalized spacial score (nSPS) is 12.7. The largest absolute Gasteiger partial charge is 0.311 e. The molecule has 0 N–H and O–H groups in total. The van der Waals surface area contributed by atoms with Gasteiger partial charge in [-0.05, 0) is 119 Å². The first-order valence-corrected chi connectivity index (χ1v) is 33.2. The lowest BCUT2D eigenvalue weighted by Gasteiger charge is -2.45. The molecule has 16 rings (SSSR count). The fraction of sp³-hybridized carbons (Fsp3) is 0. The fourth-order valence-electron chi connectivity index (χ4n) is 14.6. The third kappa shape index (κ3) is 7.58. The van der Waals surface area contributed by atoms with Crippen LogP contribution in [-0.2, 0) is 0 Å². The highest BCUT2D eigenvalue weighted by Crippen LogP contribution is 2.46. The van der Waals surface area contributed by atoms with Crippen LogP contribution in [0.1, 0.15) is 0 Å². The lowest BCUT2D eigenvalue weighted by Crippen LogP contribution is -2.75. The molecule has 0 spiro atoms. The van der Waals surface area contributed by atoms with Crippen LogP contribution in [0.3, 0.4) is 0 Å². The van der Waals surface area contributed by atoms with Crippen molar-refractivity contribution in [2.24, 2.45) is 0 Å². The second kappa shape index (κ2) is 20.3. The third-order valence-electron chi connectivity index (χ3n) is 18.0. The highest BCUT2D eigenvalue weighted by Gasteiger charge is 2.47. The van der Waals surface area contributed by atoms with E-state index in [9.17, 15) is 0 Å². The Balaban J connectivity index is 1.03. The molecule has 1 aromatic heterocycles. The van der Waals surface area contributed by atoms with Crippen molar-refractivity contribution >= 4 is 137 Å². The Labute approximate surface area is 493 Å². The maximum Gasteiger partial charge on any atom is 0.252 e. The molecule has 0 atom stereocenters. The van der Waals surface area contributed by atoms with E-state index in [-0.39, 0.29) is 6.71 Å². The lowest BCUT2D eigenvalue weighted by molar-refractivity contribution is 1.16.